The topological polar surface area (TPSA) is 88.4 Å². The minimum Gasteiger partial charge on any atom is -0.357 e. The predicted octanol–water partition coefficient (Wildman–Crippen LogP) is 2.37. The lowest BCUT2D eigenvalue weighted by Gasteiger charge is -2.18. The smallest absolute Gasteiger partial charge is 0.191 e. The zero-order chi connectivity index (χ0) is 21.1. The van der Waals surface area contributed by atoms with Crippen molar-refractivity contribution >= 4 is 15.8 Å². The van der Waals surface area contributed by atoms with Crippen molar-refractivity contribution in [3.63, 3.8) is 0 Å². The van der Waals surface area contributed by atoms with Crippen molar-refractivity contribution in [2.75, 3.05) is 25.1 Å². The van der Waals surface area contributed by atoms with E-state index in [9.17, 15) is 8.42 Å². The molecular weight excluding hydrogens is 386 g/mol. The van der Waals surface area contributed by atoms with Crippen molar-refractivity contribution in [3.8, 4) is 5.69 Å². The maximum absolute atomic E-state index is 11.7. The van der Waals surface area contributed by atoms with Gasteiger partial charge in [0.1, 0.15) is 9.84 Å². The van der Waals surface area contributed by atoms with E-state index in [0.29, 0.717) is 19.0 Å². The molecule has 2 N–H and O–H groups in total. The summed E-state index contributed by atoms with van der Waals surface area (Å²) in [6, 6.07) is 10.2. The van der Waals surface area contributed by atoms with Gasteiger partial charge in [-0.15, -0.1) is 0 Å². The van der Waals surface area contributed by atoms with Crippen molar-refractivity contribution in [2.45, 2.75) is 40.2 Å². The molecule has 158 valence electrons. The summed E-state index contributed by atoms with van der Waals surface area (Å²) in [5.74, 6) is 0.933. The fraction of sp³-hybridized carbons (Fsp3) is 0.524. The van der Waals surface area contributed by atoms with Crippen LogP contribution >= 0.6 is 0 Å². The van der Waals surface area contributed by atoms with E-state index in [1.54, 1.807) is 0 Å². The minimum atomic E-state index is -2.98. The monoisotopic (exact) mass is 417 g/mol. The van der Waals surface area contributed by atoms with Crippen molar-refractivity contribution in [1.29, 1.82) is 0 Å². The Morgan fingerprint density at radius 3 is 2.55 bits per heavy atom. The second kappa shape index (κ2) is 8.57. The Bertz CT molecular complexity index is 990. The SMILES string of the molecule is CCNC(=NCc1ccccc1-n1nc(C)cc1C)NCC1(CS(C)(=O)=O)CC1. The molecule has 8 heteroatoms. The molecule has 29 heavy (non-hydrogen) atoms. The average molecular weight is 418 g/mol. The van der Waals surface area contributed by atoms with Crippen LogP contribution < -0.4 is 10.6 Å². The lowest BCUT2D eigenvalue weighted by Crippen LogP contribution is -2.41. The third kappa shape index (κ3) is 5.82. The molecule has 1 heterocycles. The molecule has 0 atom stereocenters. The number of nitrogens with one attached hydrogen (secondary N) is 2. The van der Waals surface area contributed by atoms with Crippen LogP contribution in [0.4, 0.5) is 0 Å². The number of aliphatic imine (C=N–C) groups is 1. The van der Waals surface area contributed by atoms with Gasteiger partial charge in [-0.2, -0.15) is 5.10 Å². The summed E-state index contributed by atoms with van der Waals surface area (Å²) in [5, 5.41) is 11.2. The Labute approximate surface area is 173 Å². The maximum Gasteiger partial charge on any atom is 0.191 e. The first-order valence-corrected chi connectivity index (χ1v) is 12.1. The van der Waals surface area contributed by atoms with Gasteiger partial charge in [0.2, 0.25) is 0 Å². The van der Waals surface area contributed by atoms with Crippen LogP contribution in [-0.4, -0.2) is 49.3 Å². The molecule has 1 aliphatic rings. The number of aryl methyl sites for hydroxylation is 2. The molecule has 1 aromatic carbocycles. The summed E-state index contributed by atoms with van der Waals surface area (Å²) >= 11 is 0. The molecule has 7 nitrogen and oxygen atoms in total. The summed E-state index contributed by atoms with van der Waals surface area (Å²) in [7, 11) is -2.98. The number of para-hydroxylation sites is 1. The van der Waals surface area contributed by atoms with E-state index in [1.165, 1.54) is 6.26 Å². The molecule has 1 aliphatic carbocycles. The highest BCUT2D eigenvalue weighted by Crippen LogP contribution is 2.46. The minimum absolute atomic E-state index is 0.147. The van der Waals surface area contributed by atoms with Crippen LogP contribution in [0.5, 0.6) is 0 Å². The van der Waals surface area contributed by atoms with Gasteiger partial charge in [0.05, 0.1) is 23.7 Å². The molecule has 0 radical (unpaired) electrons. The number of rotatable bonds is 8. The molecule has 1 fully saturated rings. The standard InChI is InChI=1S/C21H31N5O2S/c1-5-22-20(24-14-21(10-11-21)15-29(4,27)28)23-13-18-8-6-7-9-19(18)26-17(3)12-16(2)25-26/h6-9,12H,5,10-11,13-15H2,1-4H3,(H2,22,23,24). The van der Waals surface area contributed by atoms with Crippen LogP contribution in [0, 0.1) is 19.3 Å². The van der Waals surface area contributed by atoms with Crippen LogP contribution in [0.15, 0.2) is 35.3 Å². The molecule has 1 saturated carbocycles. The quantitative estimate of drug-likeness (QED) is 0.509. The van der Waals surface area contributed by atoms with Gasteiger partial charge in [-0.05, 0) is 51.3 Å². The highest BCUT2D eigenvalue weighted by atomic mass is 32.2. The van der Waals surface area contributed by atoms with Crippen LogP contribution in [0.2, 0.25) is 0 Å². The zero-order valence-electron chi connectivity index (χ0n) is 17.7. The first kappa shape index (κ1) is 21.4. The average Bonchev–Trinajstić information content (AvgIpc) is 3.31. The molecule has 1 aromatic heterocycles. The molecule has 0 aliphatic heterocycles. The fourth-order valence-corrected chi connectivity index (χ4v) is 5.11. The number of guanidine groups is 1. The zero-order valence-corrected chi connectivity index (χ0v) is 18.5. The van der Waals surface area contributed by atoms with Gasteiger partial charge in [-0.25, -0.2) is 18.1 Å². The maximum atomic E-state index is 11.7. The molecule has 0 amide bonds. The van der Waals surface area contributed by atoms with Gasteiger partial charge in [0, 0.05) is 30.5 Å². The summed E-state index contributed by atoms with van der Waals surface area (Å²) in [5.41, 5.74) is 4.02. The van der Waals surface area contributed by atoms with Gasteiger partial charge in [0.15, 0.2) is 5.96 Å². The number of aromatic nitrogens is 2. The van der Waals surface area contributed by atoms with E-state index < -0.39 is 9.84 Å². The number of hydrogen-bond donors (Lipinski definition) is 2. The summed E-state index contributed by atoms with van der Waals surface area (Å²) in [6.45, 7) is 7.91. The normalized spacial score (nSPS) is 15.9. The fourth-order valence-electron chi connectivity index (χ4n) is 3.61. The molecular formula is C21H31N5O2S. The largest absolute Gasteiger partial charge is 0.357 e. The van der Waals surface area contributed by atoms with E-state index in [4.69, 9.17) is 4.99 Å². The third-order valence-corrected chi connectivity index (χ3v) is 6.27. The number of sulfone groups is 1. The molecule has 0 saturated heterocycles. The summed E-state index contributed by atoms with van der Waals surface area (Å²) in [6.07, 6.45) is 3.18. The predicted molar refractivity (Wildman–Crippen MR) is 117 cm³/mol. The van der Waals surface area contributed by atoms with Gasteiger partial charge >= 0.3 is 0 Å². The number of hydrogen-bond acceptors (Lipinski definition) is 4. The first-order chi connectivity index (χ1) is 13.7. The van der Waals surface area contributed by atoms with Gasteiger partial charge < -0.3 is 10.6 Å². The number of nitrogens with zero attached hydrogens (tertiary/aromatic N) is 3. The van der Waals surface area contributed by atoms with Crippen molar-refractivity contribution in [2.24, 2.45) is 10.4 Å². The van der Waals surface area contributed by atoms with Gasteiger partial charge in [-0.3, -0.25) is 0 Å². The molecule has 3 rings (SSSR count). The molecule has 0 unspecified atom stereocenters. The summed E-state index contributed by atoms with van der Waals surface area (Å²) < 4.78 is 25.3. The lowest BCUT2D eigenvalue weighted by molar-refractivity contribution is 0.529. The van der Waals surface area contributed by atoms with Crippen LogP contribution in [0.25, 0.3) is 5.69 Å². The number of benzene rings is 1. The van der Waals surface area contributed by atoms with Crippen molar-refractivity contribution in [1.82, 2.24) is 20.4 Å². The van der Waals surface area contributed by atoms with Crippen LogP contribution in [0.3, 0.4) is 0 Å². The van der Waals surface area contributed by atoms with E-state index in [2.05, 4.69) is 33.9 Å². The van der Waals surface area contributed by atoms with E-state index >= 15 is 0 Å². The Kier molecular flexibility index (Phi) is 6.31. The highest BCUT2D eigenvalue weighted by molar-refractivity contribution is 7.90. The highest BCUT2D eigenvalue weighted by Gasteiger charge is 2.45. The third-order valence-electron chi connectivity index (χ3n) is 5.14. The second-order valence-corrected chi connectivity index (χ2v) is 10.2. The van der Waals surface area contributed by atoms with Crippen LogP contribution in [0.1, 0.15) is 36.7 Å². The van der Waals surface area contributed by atoms with E-state index in [0.717, 1.165) is 42.0 Å². The Balaban J connectivity index is 1.74. The van der Waals surface area contributed by atoms with Crippen molar-refractivity contribution < 1.29 is 8.42 Å². The summed E-state index contributed by atoms with van der Waals surface area (Å²) in [4.78, 5) is 4.74. The molecule has 0 spiro atoms. The van der Waals surface area contributed by atoms with E-state index in [-0.39, 0.29) is 11.2 Å². The Morgan fingerprint density at radius 1 is 1.24 bits per heavy atom. The Morgan fingerprint density at radius 2 is 1.97 bits per heavy atom. The molecule has 0 bridgehead atoms. The van der Waals surface area contributed by atoms with Crippen LogP contribution in [-0.2, 0) is 16.4 Å². The lowest BCUT2D eigenvalue weighted by atomic mass is 10.1. The second-order valence-electron chi connectivity index (χ2n) is 8.09. The van der Waals surface area contributed by atoms with Crippen molar-refractivity contribution in [3.05, 3.63) is 47.3 Å². The Hall–Kier alpha value is -2.35. The van der Waals surface area contributed by atoms with E-state index in [1.807, 2.05) is 37.6 Å². The molecule has 2 aromatic rings. The van der Waals surface area contributed by atoms with Gasteiger partial charge in [0.25, 0.3) is 0 Å². The van der Waals surface area contributed by atoms with Gasteiger partial charge in [-0.1, -0.05) is 18.2 Å². The first-order valence-electron chi connectivity index (χ1n) is 10.0.